The Morgan fingerprint density at radius 3 is 2.85 bits per heavy atom. The Morgan fingerprint density at radius 2 is 2.12 bits per heavy atom. The van der Waals surface area contributed by atoms with E-state index in [4.69, 9.17) is 0 Å². The van der Waals surface area contributed by atoms with Crippen molar-refractivity contribution in [3.8, 4) is 0 Å². The molecule has 0 unspecified atom stereocenters. The van der Waals surface area contributed by atoms with Crippen LogP contribution in [0.3, 0.4) is 0 Å². The van der Waals surface area contributed by atoms with E-state index < -0.39 is 11.9 Å². The summed E-state index contributed by atoms with van der Waals surface area (Å²) >= 11 is 0. The van der Waals surface area contributed by atoms with Gasteiger partial charge in [0.2, 0.25) is 0 Å². The molecule has 4 rings (SSSR count). The van der Waals surface area contributed by atoms with E-state index in [9.17, 15) is 13.2 Å². The summed E-state index contributed by atoms with van der Waals surface area (Å²) in [5.41, 5.74) is 1.40. The zero-order valence-electron chi connectivity index (χ0n) is 14.6. The van der Waals surface area contributed by atoms with Crippen molar-refractivity contribution >= 4 is 5.82 Å². The molecule has 1 aliphatic heterocycles. The van der Waals surface area contributed by atoms with E-state index in [2.05, 4.69) is 20.5 Å². The molecule has 3 atom stereocenters. The predicted molar refractivity (Wildman–Crippen MR) is 91.6 cm³/mol. The minimum atomic E-state index is -4.40. The van der Waals surface area contributed by atoms with E-state index >= 15 is 0 Å². The molecule has 0 amide bonds. The molecule has 1 saturated carbocycles. The quantitative estimate of drug-likeness (QED) is 0.874. The van der Waals surface area contributed by atoms with Crippen LogP contribution in [0.25, 0.3) is 0 Å². The van der Waals surface area contributed by atoms with Gasteiger partial charge in [0, 0.05) is 36.9 Å². The Labute approximate surface area is 150 Å². The van der Waals surface area contributed by atoms with Gasteiger partial charge in [-0.25, -0.2) is 4.98 Å². The normalized spacial score (nSPS) is 25.7. The smallest absolute Gasteiger partial charge is 0.356 e. The van der Waals surface area contributed by atoms with Gasteiger partial charge in [-0.15, -0.1) is 0 Å². The van der Waals surface area contributed by atoms with Gasteiger partial charge in [0.25, 0.3) is 0 Å². The molecule has 0 aromatic carbocycles. The van der Waals surface area contributed by atoms with Crippen LogP contribution in [0.5, 0.6) is 0 Å². The number of nitrogens with zero attached hydrogens (tertiary/aromatic N) is 3. The molecule has 2 N–H and O–H groups in total. The third kappa shape index (κ3) is 3.30. The fourth-order valence-corrected chi connectivity index (χ4v) is 4.26. The summed E-state index contributed by atoms with van der Waals surface area (Å²) in [5.74, 6) is 1.38. The lowest BCUT2D eigenvalue weighted by Crippen LogP contribution is -2.35. The molecule has 2 aromatic heterocycles. The van der Waals surface area contributed by atoms with E-state index in [0.717, 1.165) is 49.8 Å². The van der Waals surface area contributed by atoms with Gasteiger partial charge in [-0.3, -0.25) is 5.10 Å². The summed E-state index contributed by atoms with van der Waals surface area (Å²) in [6.45, 7) is 4.29. The van der Waals surface area contributed by atoms with E-state index in [1.165, 1.54) is 6.07 Å². The second kappa shape index (κ2) is 6.57. The van der Waals surface area contributed by atoms with Crippen molar-refractivity contribution in [1.29, 1.82) is 0 Å². The summed E-state index contributed by atoms with van der Waals surface area (Å²) in [6, 6.07) is 4.52. The summed E-state index contributed by atoms with van der Waals surface area (Å²) in [6.07, 6.45) is -0.362. The first-order valence-corrected chi connectivity index (χ1v) is 8.93. The Bertz CT molecular complexity index is 772. The van der Waals surface area contributed by atoms with Crippen LogP contribution in [0.2, 0.25) is 0 Å². The Hall–Kier alpha value is -2.09. The SMILES string of the molecule is Cc1[nH]ncc1CN[C@H]1CC[C@@H]2CN(c3cccc(C(F)(F)F)n3)C[C@@H]21. The average Bonchev–Trinajstić information content (AvgIpc) is 3.29. The topological polar surface area (TPSA) is 56.8 Å². The van der Waals surface area contributed by atoms with Crippen molar-refractivity contribution in [3.63, 3.8) is 0 Å². The maximum atomic E-state index is 12.9. The molecular weight excluding hydrogens is 343 g/mol. The zero-order chi connectivity index (χ0) is 18.3. The maximum Gasteiger partial charge on any atom is 0.433 e. The molecule has 3 heterocycles. The first kappa shape index (κ1) is 17.3. The van der Waals surface area contributed by atoms with Crippen LogP contribution in [0, 0.1) is 18.8 Å². The fourth-order valence-electron chi connectivity index (χ4n) is 4.26. The van der Waals surface area contributed by atoms with Crippen molar-refractivity contribution < 1.29 is 13.2 Å². The first-order chi connectivity index (χ1) is 12.4. The Kier molecular flexibility index (Phi) is 4.38. The highest BCUT2D eigenvalue weighted by molar-refractivity contribution is 5.42. The summed E-state index contributed by atoms with van der Waals surface area (Å²) in [4.78, 5) is 5.85. The van der Waals surface area contributed by atoms with Crippen LogP contribution in [-0.2, 0) is 12.7 Å². The Balaban J connectivity index is 1.42. The highest BCUT2D eigenvalue weighted by Crippen LogP contribution is 2.40. The van der Waals surface area contributed by atoms with Gasteiger partial charge in [0.05, 0.1) is 6.20 Å². The van der Waals surface area contributed by atoms with Crippen LogP contribution in [-0.4, -0.2) is 34.3 Å². The van der Waals surface area contributed by atoms with E-state index in [1.54, 1.807) is 6.07 Å². The number of nitrogens with one attached hydrogen (secondary N) is 2. The molecule has 0 radical (unpaired) electrons. The van der Waals surface area contributed by atoms with Crippen LogP contribution >= 0.6 is 0 Å². The second-order valence-corrected chi connectivity index (χ2v) is 7.29. The first-order valence-electron chi connectivity index (χ1n) is 8.93. The highest BCUT2D eigenvalue weighted by atomic mass is 19.4. The number of anilines is 1. The number of fused-ring (bicyclic) bond motifs is 1. The van der Waals surface area contributed by atoms with Crippen molar-refractivity contribution in [2.24, 2.45) is 11.8 Å². The summed E-state index contributed by atoms with van der Waals surface area (Å²) in [5, 5.41) is 10.6. The number of rotatable bonds is 4. The lowest BCUT2D eigenvalue weighted by atomic mass is 9.97. The molecule has 1 saturated heterocycles. The lowest BCUT2D eigenvalue weighted by Gasteiger charge is -2.23. The average molecular weight is 365 g/mol. The highest BCUT2D eigenvalue weighted by Gasteiger charge is 2.43. The van der Waals surface area contributed by atoms with Crippen LogP contribution in [0.15, 0.2) is 24.4 Å². The number of aromatic amines is 1. The molecule has 1 aliphatic carbocycles. The number of hydrogen-bond donors (Lipinski definition) is 2. The van der Waals surface area contributed by atoms with Gasteiger partial charge in [0.1, 0.15) is 11.5 Å². The van der Waals surface area contributed by atoms with Crippen molar-refractivity contribution in [1.82, 2.24) is 20.5 Å². The molecule has 26 heavy (non-hydrogen) atoms. The van der Waals surface area contributed by atoms with Gasteiger partial charge in [-0.05, 0) is 43.7 Å². The standard InChI is InChI=1S/C18H22F3N5/c1-11-13(8-23-25-11)7-22-15-6-5-12-9-26(10-14(12)15)17-4-2-3-16(24-17)18(19,20)21/h2-4,8,12,14-15,22H,5-7,9-10H2,1H3,(H,23,25)/t12-,14+,15+/m1/s1. The molecule has 2 aromatic rings. The summed E-state index contributed by atoms with van der Waals surface area (Å²) < 4.78 is 38.7. The van der Waals surface area contributed by atoms with Crippen LogP contribution in [0.4, 0.5) is 19.0 Å². The van der Waals surface area contributed by atoms with E-state index in [-0.39, 0.29) is 0 Å². The van der Waals surface area contributed by atoms with Gasteiger partial charge >= 0.3 is 6.18 Å². The van der Waals surface area contributed by atoms with Crippen molar-refractivity contribution in [3.05, 3.63) is 41.3 Å². The third-order valence-corrected chi connectivity index (χ3v) is 5.69. The number of aromatic nitrogens is 3. The Morgan fingerprint density at radius 1 is 1.27 bits per heavy atom. The van der Waals surface area contributed by atoms with Gasteiger partial charge in [-0.1, -0.05) is 6.07 Å². The van der Waals surface area contributed by atoms with Gasteiger partial charge in [0.15, 0.2) is 0 Å². The largest absolute Gasteiger partial charge is 0.433 e. The van der Waals surface area contributed by atoms with E-state index in [0.29, 0.717) is 23.7 Å². The minimum Gasteiger partial charge on any atom is -0.356 e. The summed E-state index contributed by atoms with van der Waals surface area (Å²) in [7, 11) is 0. The zero-order valence-corrected chi connectivity index (χ0v) is 14.6. The fraction of sp³-hybridized carbons (Fsp3) is 0.556. The molecule has 0 spiro atoms. The number of hydrogen-bond acceptors (Lipinski definition) is 4. The predicted octanol–water partition coefficient (Wildman–Crippen LogP) is 3.14. The molecule has 2 aliphatic rings. The molecular formula is C18H22F3N5. The van der Waals surface area contributed by atoms with Gasteiger partial charge in [-0.2, -0.15) is 18.3 Å². The number of halogens is 3. The maximum absolute atomic E-state index is 12.9. The van der Waals surface area contributed by atoms with Crippen molar-refractivity contribution in [2.45, 2.75) is 38.5 Å². The second-order valence-electron chi connectivity index (χ2n) is 7.29. The number of pyridine rings is 1. The monoisotopic (exact) mass is 365 g/mol. The van der Waals surface area contributed by atoms with Gasteiger partial charge < -0.3 is 10.2 Å². The molecule has 8 heteroatoms. The number of aryl methyl sites for hydroxylation is 1. The number of alkyl halides is 3. The van der Waals surface area contributed by atoms with E-state index in [1.807, 2.05) is 18.0 Å². The molecule has 0 bridgehead atoms. The minimum absolute atomic E-state index is 0.380. The van der Waals surface area contributed by atoms with Crippen LogP contribution in [0.1, 0.15) is 29.8 Å². The number of H-pyrrole nitrogens is 1. The molecule has 5 nitrogen and oxygen atoms in total. The van der Waals surface area contributed by atoms with Crippen molar-refractivity contribution in [2.75, 3.05) is 18.0 Å². The molecule has 2 fully saturated rings. The third-order valence-electron chi connectivity index (χ3n) is 5.69. The molecule has 140 valence electrons. The van der Waals surface area contributed by atoms with Crippen LogP contribution < -0.4 is 10.2 Å². The lowest BCUT2D eigenvalue weighted by molar-refractivity contribution is -0.141.